The van der Waals surface area contributed by atoms with Crippen molar-refractivity contribution in [1.29, 1.82) is 0 Å². The summed E-state index contributed by atoms with van der Waals surface area (Å²) in [6, 6.07) is 13.2. The number of benzene rings is 2. The first-order valence-electron chi connectivity index (χ1n) is 6.19. The molecule has 0 amide bonds. The van der Waals surface area contributed by atoms with Crippen LogP contribution in [0, 0.1) is 0 Å². The van der Waals surface area contributed by atoms with E-state index < -0.39 is 0 Å². The van der Waals surface area contributed by atoms with Crippen LogP contribution in [-0.4, -0.2) is 9.97 Å². The molecule has 0 N–H and O–H groups in total. The summed E-state index contributed by atoms with van der Waals surface area (Å²) in [6.45, 7) is 0. The summed E-state index contributed by atoms with van der Waals surface area (Å²) in [6.07, 6.45) is 3.76. The molecule has 1 heterocycles. The van der Waals surface area contributed by atoms with Gasteiger partial charge in [-0.15, -0.1) is 0 Å². The molecule has 104 valence electrons. The van der Waals surface area contributed by atoms with Gasteiger partial charge in [0.15, 0.2) is 5.15 Å². The van der Waals surface area contributed by atoms with Crippen LogP contribution >= 0.6 is 34.8 Å². The van der Waals surface area contributed by atoms with E-state index in [1.807, 2.05) is 42.5 Å². The van der Waals surface area contributed by atoms with Crippen molar-refractivity contribution in [3.05, 3.63) is 68.9 Å². The molecule has 0 fully saturated rings. The molecular formula is C16H9Cl3N2. The van der Waals surface area contributed by atoms with Gasteiger partial charge in [0.05, 0.1) is 21.1 Å². The van der Waals surface area contributed by atoms with E-state index in [-0.39, 0.29) is 0 Å². The lowest BCUT2D eigenvalue weighted by Crippen LogP contribution is -1.90. The maximum atomic E-state index is 6.16. The van der Waals surface area contributed by atoms with Crippen LogP contribution in [0.5, 0.6) is 0 Å². The summed E-state index contributed by atoms with van der Waals surface area (Å²) >= 11 is 18.1. The molecule has 2 nitrogen and oxygen atoms in total. The quantitative estimate of drug-likeness (QED) is 0.595. The molecule has 2 aromatic carbocycles. The van der Waals surface area contributed by atoms with Crippen molar-refractivity contribution in [2.24, 2.45) is 0 Å². The lowest BCUT2D eigenvalue weighted by atomic mass is 10.2. The van der Waals surface area contributed by atoms with E-state index in [2.05, 4.69) is 9.97 Å². The van der Waals surface area contributed by atoms with Crippen molar-refractivity contribution in [2.45, 2.75) is 0 Å². The van der Waals surface area contributed by atoms with Crippen LogP contribution in [0.1, 0.15) is 11.3 Å². The highest BCUT2D eigenvalue weighted by Crippen LogP contribution is 2.28. The Bertz CT molecular complexity index is 830. The van der Waals surface area contributed by atoms with Gasteiger partial charge in [0, 0.05) is 0 Å². The maximum absolute atomic E-state index is 6.16. The zero-order valence-corrected chi connectivity index (χ0v) is 13.0. The van der Waals surface area contributed by atoms with E-state index in [9.17, 15) is 0 Å². The van der Waals surface area contributed by atoms with Crippen molar-refractivity contribution in [2.75, 3.05) is 0 Å². The van der Waals surface area contributed by atoms with E-state index in [1.54, 1.807) is 12.1 Å². The predicted molar refractivity (Wildman–Crippen MR) is 89.9 cm³/mol. The molecular weight excluding hydrogens is 327 g/mol. The largest absolute Gasteiger partial charge is 0.243 e. The Morgan fingerprint density at radius 3 is 2.05 bits per heavy atom. The third-order valence-corrected chi connectivity index (χ3v) is 3.92. The summed E-state index contributed by atoms with van der Waals surface area (Å²) in [5.74, 6) is 0. The number of hydrogen-bond acceptors (Lipinski definition) is 2. The first-order valence-corrected chi connectivity index (χ1v) is 7.32. The number of halogens is 3. The fourth-order valence-corrected chi connectivity index (χ4v) is 2.40. The number of nitrogens with zero attached hydrogens (tertiary/aromatic N) is 2. The summed E-state index contributed by atoms with van der Waals surface area (Å²) in [5.41, 5.74) is 2.92. The maximum Gasteiger partial charge on any atom is 0.155 e. The minimum atomic E-state index is 0.327. The second-order valence-corrected chi connectivity index (χ2v) is 5.57. The SMILES string of the molecule is Clc1cc2nc(Cl)c(C=Cc3ccccc3)nc2cc1Cl. The Morgan fingerprint density at radius 2 is 1.38 bits per heavy atom. The summed E-state index contributed by atoms with van der Waals surface area (Å²) in [5, 5.41) is 1.20. The molecule has 3 aromatic rings. The van der Waals surface area contributed by atoms with Crippen LogP contribution < -0.4 is 0 Å². The van der Waals surface area contributed by atoms with Gasteiger partial charge in [0.25, 0.3) is 0 Å². The molecule has 0 saturated heterocycles. The van der Waals surface area contributed by atoms with Crippen molar-refractivity contribution in [3.63, 3.8) is 0 Å². The van der Waals surface area contributed by atoms with Gasteiger partial charge in [-0.25, -0.2) is 9.97 Å². The van der Waals surface area contributed by atoms with Crippen LogP contribution in [-0.2, 0) is 0 Å². The molecule has 5 heteroatoms. The smallest absolute Gasteiger partial charge is 0.155 e. The van der Waals surface area contributed by atoms with Gasteiger partial charge in [-0.3, -0.25) is 0 Å². The van der Waals surface area contributed by atoms with Crippen LogP contribution in [0.25, 0.3) is 23.2 Å². The van der Waals surface area contributed by atoms with Gasteiger partial charge in [0.1, 0.15) is 5.69 Å². The standard InChI is InChI=1S/C16H9Cl3N2/c17-11-8-14-15(9-12(11)18)21-16(19)13(20-14)7-6-10-4-2-1-3-5-10/h1-9H. The summed E-state index contributed by atoms with van der Waals surface area (Å²) < 4.78 is 0. The van der Waals surface area contributed by atoms with Crippen molar-refractivity contribution >= 4 is 58.0 Å². The Labute approximate surface area is 137 Å². The molecule has 3 rings (SSSR count). The average molecular weight is 336 g/mol. The first-order chi connectivity index (χ1) is 10.1. The van der Waals surface area contributed by atoms with E-state index in [0.717, 1.165) is 5.56 Å². The molecule has 0 saturated carbocycles. The lowest BCUT2D eigenvalue weighted by molar-refractivity contribution is 1.27. The molecule has 0 aliphatic heterocycles. The van der Waals surface area contributed by atoms with Crippen LogP contribution in [0.4, 0.5) is 0 Å². The molecule has 0 radical (unpaired) electrons. The second kappa shape index (κ2) is 6.02. The Morgan fingerprint density at radius 1 is 0.762 bits per heavy atom. The van der Waals surface area contributed by atoms with E-state index in [1.165, 1.54) is 0 Å². The van der Waals surface area contributed by atoms with Gasteiger partial charge in [-0.1, -0.05) is 71.2 Å². The first kappa shape index (κ1) is 14.3. The fraction of sp³-hybridized carbons (Fsp3) is 0. The number of rotatable bonds is 2. The minimum Gasteiger partial charge on any atom is -0.243 e. The molecule has 1 aromatic heterocycles. The van der Waals surface area contributed by atoms with E-state index in [0.29, 0.717) is 31.9 Å². The third kappa shape index (κ3) is 3.18. The number of hydrogen-bond donors (Lipinski definition) is 0. The normalized spacial score (nSPS) is 11.4. The Hall–Kier alpha value is -1.61. The van der Waals surface area contributed by atoms with Gasteiger partial charge < -0.3 is 0 Å². The van der Waals surface area contributed by atoms with Crippen LogP contribution in [0.15, 0.2) is 42.5 Å². The van der Waals surface area contributed by atoms with E-state index in [4.69, 9.17) is 34.8 Å². The van der Waals surface area contributed by atoms with Crippen LogP contribution in [0.3, 0.4) is 0 Å². The molecule has 0 unspecified atom stereocenters. The molecule has 0 aliphatic rings. The summed E-state index contributed by atoms with van der Waals surface area (Å²) in [4.78, 5) is 8.77. The monoisotopic (exact) mass is 334 g/mol. The molecule has 0 aliphatic carbocycles. The highest BCUT2D eigenvalue weighted by molar-refractivity contribution is 6.42. The topological polar surface area (TPSA) is 25.8 Å². The zero-order chi connectivity index (χ0) is 14.8. The van der Waals surface area contributed by atoms with E-state index >= 15 is 0 Å². The molecule has 21 heavy (non-hydrogen) atoms. The zero-order valence-electron chi connectivity index (χ0n) is 10.7. The minimum absolute atomic E-state index is 0.327. The Balaban J connectivity index is 2.05. The van der Waals surface area contributed by atoms with Crippen LogP contribution in [0.2, 0.25) is 15.2 Å². The molecule has 0 atom stereocenters. The lowest BCUT2D eigenvalue weighted by Gasteiger charge is -2.03. The van der Waals surface area contributed by atoms with Gasteiger partial charge in [-0.05, 0) is 23.8 Å². The number of fused-ring (bicyclic) bond motifs is 1. The Kier molecular flexibility index (Phi) is 4.11. The predicted octanol–water partition coefficient (Wildman–Crippen LogP) is 5.76. The molecule has 0 spiro atoms. The van der Waals surface area contributed by atoms with Gasteiger partial charge in [-0.2, -0.15) is 0 Å². The van der Waals surface area contributed by atoms with Gasteiger partial charge in [0.2, 0.25) is 0 Å². The van der Waals surface area contributed by atoms with Gasteiger partial charge >= 0.3 is 0 Å². The van der Waals surface area contributed by atoms with Crippen molar-refractivity contribution in [3.8, 4) is 0 Å². The summed E-state index contributed by atoms with van der Waals surface area (Å²) in [7, 11) is 0. The highest BCUT2D eigenvalue weighted by Gasteiger charge is 2.07. The third-order valence-electron chi connectivity index (χ3n) is 2.92. The van der Waals surface area contributed by atoms with Crippen molar-refractivity contribution < 1.29 is 0 Å². The molecule has 0 bridgehead atoms. The number of aromatic nitrogens is 2. The fourth-order valence-electron chi connectivity index (χ4n) is 1.89. The highest BCUT2D eigenvalue weighted by atomic mass is 35.5. The average Bonchev–Trinajstić information content (AvgIpc) is 2.48. The second-order valence-electron chi connectivity index (χ2n) is 4.40. The van der Waals surface area contributed by atoms with Crippen molar-refractivity contribution in [1.82, 2.24) is 9.97 Å².